The van der Waals surface area contributed by atoms with Crippen LogP contribution in [0.5, 0.6) is 5.75 Å². The van der Waals surface area contributed by atoms with E-state index in [-0.39, 0.29) is 29.4 Å². The van der Waals surface area contributed by atoms with Crippen LogP contribution < -0.4 is 9.64 Å². The molecule has 2 atom stereocenters. The van der Waals surface area contributed by atoms with Gasteiger partial charge in [-0.15, -0.1) is 0 Å². The number of benzene rings is 2. The second kappa shape index (κ2) is 8.03. The molecule has 2 unspecified atom stereocenters. The minimum Gasteiger partial charge on any atom is -0.484 e. The maximum absolute atomic E-state index is 12.4. The summed E-state index contributed by atoms with van der Waals surface area (Å²) in [6, 6.07) is 16.6. The standard InChI is InChI=1S/C19H17IN2O4S2/c20-13-5-4-6-14(9-13)22-16-11-28(24,25)12-17(16)27-19(22)21-18(23)10-26-15-7-2-1-3-8-15/h1-9,16-17H,10-12H2. The Morgan fingerprint density at radius 3 is 2.71 bits per heavy atom. The van der Waals surface area contributed by atoms with E-state index in [1.54, 1.807) is 12.1 Å². The van der Waals surface area contributed by atoms with E-state index in [0.29, 0.717) is 10.9 Å². The van der Waals surface area contributed by atoms with Crippen LogP contribution in [0.2, 0.25) is 0 Å². The van der Waals surface area contributed by atoms with Crippen LogP contribution in [0.25, 0.3) is 0 Å². The monoisotopic (exact) mass is 528 g/mol. The summed E-state index contributed by atoms with van der Waals surface area (Å²) in [4.78, 5) is 18.5. The number of fused-ring (bicyclic) bond motifs is 1. The van der Waals surface area contributed by atoms with Gasteiger partial charge in [0.15, 0.2) is 21.6 Å². The van der Waals surface area contributed by atoms with Crippen molar-refractivity contribution in [2.45, 2.75) is 11.3 Å². The van der Waals surface area contributed by atoms with E-state index < -0.39 is 15.7 Å². The van der Waals surface area contributed by atoms with Gasteiger partial charge in [-0.2, -0.15) is 4.99 Å². The lowest BCUT2D eigenvalue weighted by Gasteiger charge is -2.24. The molecule has 28 heavy (non-hydrogen) atoms. The predicted molar refractivity (Wildman–Crippen MR) is 120 cm³/mol. The van der Waals surface area contributed by atoms with Crippen LogP contribution in [0.15, 0.2) is 59.6 Å². The van der Waals surface area contributed by atoms with Gasteiger partial charge in [-0.25, -0.2) is 8.42 Å². The number of para-hydroxylation sites is 1. The summed E-state index contributed by atoms with van der Waals surface area (Å²) in [6.07, 6.45) is 0. The molecule has 0 saturated carbocycles. The number of ether oxygens (including phenoxy) is 1. The highest BCUT2D eigenvalue weighted by atomic mass is 127. The third-order valence-corrected chi connectivity index (χ3v) is 8.36. The van der Waals surface area contributed by atoms with Gasteiger partial charge in [-0.1, -0.05) is 36.0 Å². The zero-order valence-electron chi connectivity index (χ0n) is 14.7. The Balaban J connectivity index is 1.58. The van der Waals surface area contributed by atoms with E-state index in [9.17, 15) is 13.2 Å². The van der Waals surface area contributed by atoms with Crippen molar-refractivity contribution in [2.75, 3.05) is 23.0 Å². The summed E-state index contributed by atoms with van der Waals surface area (Å²) in [5.74, 6) is 0.387. The number of amidine groups is 1. The molecule has 0 radical (unpaired) electrons. The number of rotatable bonds is 4. The number of carbonyl (C=O) groups is 1. The molecule has 2 fully saturated rings. The van der Waals surface area contributed by atoms with E-state index in [1.807, 2.05) is 47.4 Å². The second-order valence-corrected chi connectivity index (χ2v) is 11.1. The molecule has 9 heteroatoms. The number of hydrogen-bond acceptors (Lipinski definition) is 5. The zero-order valence-corrected chi connectivity index (χ0v) is 18.5. The topological polar surface area (TPSA) is 76.0 Å². The predicted octanol–water partition coefficient (Wildman–Crippen LogP) is 2.97. The van der Waals surface area contributed by atoms with Crippen molar-refractivity contribution in [3.05, 3.63) is 58.2 Å². The first-order valence-corrected chi connectivity index (χ1v) is 12.4. The number of anilines is 1. The molecule has 0 N–H and O–H groups in total. The second-order valence-electron chi connectivity index (χ2n) is 6.54. The normalized spacial score (nSPS) is 24.3. The molecule has 0 bridgehead atoms. The number of halogens is 1. The lowest BCUT2D eigenvalue weighted by molar-refractivity contribution is -0.119. The molecule has 2 aromatic rings. The van der Waals surface area contributed by atoms with Crippen molar-refractivity contribution in [3.63, 3.8) is 0 Å². The molecule has 0 spiro atoms. The Bertz CT molecular complexity index is 1030. The molecule has 2 aliphatic heterocycles. The minimum absolute atomic E-state index is 0.0733. The number of thioether (sulfide) groups is 1. The summed E-state index contributed by atoms with van der Waals surface area (Å²) in [7, 11) is -3.08. The van der Waals surface area contributed by atoms with Gasteiger partial charge in [-0.05, 0) is 52.9 Å². The summed E-state index contributed by atoms with van der Waals surface area (Å²) in [6.45, 7) is -0.165. The summed E-state index contributed by atoms with van der Waals surface area (Å²) < 4.78 is 30.7. The highest BCUT2D eigenvalue weighted by Crippen LogP contribution is 2.41. The van der Waals surface area contributed by atoms with Gasteiger partial charge >= 0.3 is 0 Å². The van der Waals surface area contributed by atoms with Crippen molar-refractivity contribution in [1.82, 2.24) is 0 Å². The van der Waals surface area contributed by atoms with Crippen LogP contribution in [0, 0.1) is 3.57 Å². The molecule has 2 aliphatic rings. The van der Waals surface area contributed by atoms with E-state index >= 15 is 0 Å². The van der Waals surface area contributed by atoms with Crippen molar-refractivity contribution in [1.29, 1.82) is 0 Å². The third kappa shape index (κ3) is 4.36. The number of carbonyl (C=O) groups excluding carboxylic acids is 1. The minimum atomic E-state index is -3.08. The summed E-state index contributed by atoms with van der Waals surface area (Å²) >= 11 is 3.57. The Morgan fingerprint density at radius 1 is 1.18 bits per heavy atom. The highest BCUT2D eigenvalue weighted by Gasteiger charge is 2.49. The summed E-state index contributed by atoms with van der Waals surface area (Å²) in [5, 5.41) is 0.415. The molecule has 0 aromatic heterocycles. The van der Waals surface area contributed by atoms with Gasteiger partial charge in [-0.3, -0.25) is 4.79 Å². The molecule has 2 heterocycles. The molecule has 2 aromatic carbocycles. The maximum atomic E-state index is 12.4. The van der Waals surface area contributed by atoms with Gasteiger partial charge in [0.05, 0.1) is 17.5 Å². The first-order valence-electron chi connectivity index (χ1n) is 8.62. The molecule has 146 valence electrons. The SMILES string of the molecule is O=C(COc1ccccc1)N=C1SC2CS(=O)(=O)CC2N1c1cccc(I)c1. The van der Waals surface area contributed by atoms with Crippen molar-refractivity contribution >= 4 is 61.0 Å². The molecule has 0 aliphatic carbocycles. The zero-order chi connectivity index (χ0) is 19.7. The van der Waals surface area contributed by atoms with Crippen molar-refractivity contribution in [3.8, 4) is 5.75 Å². The van der Waals surface area contributed by atoms with Crippen LogP contribution in [-0.4, -0.2) is 48.9 Å². The smallest absolute Gasteiger partial charge is 0.285 e. The number of nitrogens with zero attached hydrogens (tertiary/aromatic N) is 2. The Morgan fingerprint density at radius 2 is 1.96 bits per heavy atom. The van der Waals surface area contributed by atoms with Crippen molar-refractivity contribution in [2.24, 2.45) is 4.99 Å². The van der Waals surface area contributed by atoms with Crippen LogP contribution >= 0.6 is 34.4 Å². The van der Waals surface area contributed by atoms with Gasteiger partial charge in [0.25, 0.3) is 5.91 Å². The summed E-state index contributed by atoms with van der Waals surface area (Å²) in [5.41, 5.74) is 0.847. The third-order valence-electron chi connectivity index (χ3n) is 4.48. The molecule has 2 saturated heterocycles. The quantitative estimate of drug-likeness (QED) is 0.569. The molecular weight excluding hydrogens is 511 g/mol. The van der Waals surface area contributed by atoms with E-state index in [1.165, 1.54) is 11.8 Å². The maximum Gasteiger partial charge on any atom is 0.285 e. The fourth-order valence-corrected chi connectivity index (χ4v) is 7.75. The average Bonchev–Trinajstić information content (AvgIpc) is 3.11. The Kier molecular flexibility index (Phi) is 5.66. The van der Waals surface area contributed by atoms with Crippen molar-refractivity contribution < 1.29 is 17.9 Å². The number of sulfone groups is 1. The fraction of sp³-hybridized carbons (Fsp3) is 0.263. The van der Waals surface area contributed by atoms with E-state index in [2.05, 4.69) is 27.6 Å². The first-order chi connectivity index (χ1) is 13.4. The van der Waals surface area contributed by atoms with Crippen LogP contribution in [0.4, 0.5) is 5.69 Å². The number of hydrogen-bond donors (Lipinski definition) is 0. The molecular formula is C19H17IN2O4S2. The van der Waals surface area contributed by atoms with Crippen LogP contribution in [0.1, 0.15) is 0 Å². The van der Waals surface area contributed by atoms with E-state index in [0.717, 1.165) is 9.26 Å². The van der Waals surface area contributed by atoms with Gasteiger partial charge in [0.1, 0.15) is 5.75 Å². The largest absolute Gasteiger partial charge is 0.484 e. The fourth-order valence-electron chi connectivity index (χ4n) is 3.29. The van der Waals surface area contributed by atoms with Crippen LogP contribution in [-0.2, 0) is 14.6 Å². The lowest BCUT2D eigenvalue weighted by Crippen LogP contribution is -2.37. The Hall–Kier alpha value is -1.59. The molecule has 4 rings (SSSR count). The van der Waals surface area contributed by atoms with Gasteiger partial charge in [0, 0.05) is 14.5 Å². The first kappa shape index (κ1) is 19.7. The van der Waals surface area contributed by atoms with E-state index in [4.69, 9.17) is 4.74 Å². The van der Waals surface area contributed by atoms with Gasteiger partial charge in [0.2, 0.25) is 0 Å². The Labute approximate surface area is 181 Å². The molecule has 6 nitrogen and oxygen atoms in total. The molecule has 1 amide bonds. The number of amides is 1. The van der Waals surface area contributed by atoms with Gasteiger partial charge < -0.3 is 9.64 Å². The highest BCUT2D eigenvalue weighted by molar-refractivity contribution is 14.1. The average molecular weight is 528 g/mol. The lowest BCUT2D eigenvalue weighted by atomic mass is 10.2. The van der Waals surface area contributed by atoms with Crippen LogP contribution in [0.3, 0.4) is 0 Å². The number of aliphatic imine (C=N–C) groups is 1.